The highest BCUT2D eigenvalue weighted by molar-refractivity contribution is 7.13. The smallest absolute Gasteiger partial charge is 0.309 e. The van der Waals surface area contributed by atoms with Crippen molar-refractivity contribution in [3.05, 3.63) is 41.4 Å². The van der Waals surface area contributed by atoms with Crippen LogP contribution in [0.3, 0.4) is 0 Å². The van der Waals surface area contributed by atoms with Crippen molar-refractivity contribution < 1.29 is 19.1 Å². The van der Waals surface area contributed by atoms with Crippen molar-refractivity contribution in [2.24, 2.45) is 11.8 Å². The molecule has 7 nitrogen and oxygen atoms in total. The van der Waals surface area contributed by atoms with Crippen LogP contribution in [0.1, 0.15) is 42.5 Å². The lowest BCUT2D eigenvalue weighted by Gasteiger charge is -2.26. The first-order valence-corrected chi connectivity index (χ1v) is 10.7. The van der Waals surface area contributed by atoms with Gasteiger partial charge in [-0.2, -0.15) is 0 Å². The summed E-state index contributed by atoms with van der Waals surface area (Å²) in [7, 11) is 1.35. The summed E-state index contributed by atoms with van der Waals surface area (Å²) in [4.78, 5) is 43.7. The number of thiazole rings is 1. The summed E-state index contributed by atoms with van der Waals surface area (Å²) in [5.41, 5.74) is 1.18. The molecule has 2 aliphatic rings. The maximum atomic E-state index is 13.5. The number of hydrogen-bond acceptors (Lipinski definition) is 6. The van der Waals surface area contributed by atoms with Gasteiger partial charge in [-0.25, -0.2) is 4.98 Å². The number of rotatable bonds is 6. The Hall–Kier alpha value is -2.74. The normalized spacial score (nSPS) is 20.9. The van der Waals surface area contributed by atoms with Gasteiger partial charge in [-0.3, -0.25) is 19.3 Å². The molecule has 2 amide bonds. The number of anilines is 2. The van der Waals surface area contributed by atoms with Gasteiger partial charge in [0.15, 0.2) is 5.13 Å². The van der Waals surface area contributed by atoms with E-state index in [1.807, 2.05) is 0 Å². The molecular formula is C21H23N3O4S. The number of benzene rings is 1. The molecule has 2 aromatic rings. The standard InChI is InChI=1S/C21H23N3O4S/c1-28-20(27)17-4-2-3-16(17)19(26)24(21-22-11-12-29-21)15-9-5-13(6-10-15)18(25)23-14-7-8-14/h5-6,9-12,14,16-17H,2-4,7-8H2,1H3,(H,23,25). The molecule has 1 aromatic heterocycles. The molecule has 2 saturated carbocycles. The highest BCUT2D eigenvalue weighted by Gasteiger charge is 2.41. The first kappa shape index (κ1) is 19.6. The van der Waals surface area contributed by atoms with E-state index in [0.29, 0.717) is 29.2 Å². The third-order valence-corrected chi connectivity index (χ3v) is 6.22. The molecule has 1 heterocycles. The van der Waals surface area contributed by atoms with Crippen LogP contribution in [0.2, 0.25) is 0 Å². The topological polar surface area (TPSA) is 88.6 Å². The second-order valence-electron chi connectivity index (χ2n) is 7.45. The van der Waals surface area contributed by atoms with Crippen LogP contribution in [0.5, 0.6) is 0 Å². The molecule has 0 bridgehead atoms. The minimum absolute atomic E-state index is 0.104. The zero-order chi connectivity index (χ0) is 20.4. The summed E-state index contributed by atoms with van der Waals surface area (Å²) in [5.74, 6) is -1.48. The Kier molecular flexibility index (Phi) is 5.62. The number of aromatic nitrogens is 1. The molecule has 152 valence electrons. The second-order valence-corrected chi connectivity index (χ2v) is 8.32. The second kappa shape index (κ2) is 8.32. The van der Waals surface area contributed by atoms with Crippen molar-refractivity contribution in [1.29, 1.82) is 0 Å². The number of ether oxygens (including phenoxy) is 1. The minimum atomic E-state index is -0.441. The summed E-state index contributed by atoms with van der Waals surface area (Å²) < 4.78 is 4.90. The van der Waals surface area contributed by atoms with Crippen molar-refractivity contribution in [2.45, 2.75) is 38.1 Å². The molecule has 2 fully saturated rings. The van der Waals surface area contributed by atoms with Gasteiger partial charge in [0, 0.05) is 23.2 Å². The molecule has 0 saturated heterocycles. The van der Waals surface area contributed by atoms with E-state index in [-0.39, 0.29) is 23.8 Å². The molecule has 0 radical (unpaired) electrons. The Bertz CT molecular complexity index is 893. The lowest BCUT2D eigenvalue weighted by atomic mass is 9.94. The van der Waals surface area contributed by atoms with Gasteiger partial charge in [-0.15, -0.1) is 11.3 Å². The first-order chi connectivity index (χ1) is 14.1. The quantitative estimate of drug-likeness (QED) is 0.734. The number of nitrogens with one attached hydrogen (secondary N) is 1. The molecule has 29 heavy (non-hydrogen) atoms. The van der Waals surface area contributed by atoms with E-state index in [1.54, 1.807) is 40.7 Å². The van der Waals surface area contributed by atoms with E-state index in [1.165, 1.54) is 18.4 Å². The molecule has 2 atom stereocenters. The number of carbonyl (C=O) groups is 3. The van der Waals surface area contributed by atoms with E-state index in [9.17, 15) is 14.4 Å². The lowest BCUT2D eigenvalue weighted by Crippen LogP contribution is -2.37. The molecule has 0 spiro atoms. The van der Waals surface area contributed by atoms with E-state index >= 15 is 0 Å². The Morgan fingerprint density at radius 2 is 1.83 bits per heavy atom. The summed E-state index contributed by atoms with van der Waals surface area (Å²) in [6, 6.07) is 7.22. The fourth-order valence-corrected chi connectivity index (χ4v) is 4.44. The Balaban J connectivity index is 1.60. The van der Waals surface area contributed by atoms with Gasteiger partial charge in [0.05, 0.1) is 24.6 Å². The van der Waals surface area contributed by atoms with E-state index < -0.39 is 11.8 Å². The van der Waals surface area contributed by atoms with Gasteiger partial charge in [0.25, 0.3) is 5.91 Å². The van der Waals surface area contributed by atoms with Crippen molar-refractivity contribution in [3.8, 4) is 0 Å². The van der Waals surface area contributed by atoms with Crippen LogP contribution in [0, 0.1) is 11.8 Å². The van der Waals surface area contributed by atoms with Crippen LogP contribution in [0.4, 0.5) is 10.8 Å². The average Bonchev–Trinajstić information content (AvgIpc) is 3.20. The molecule has 0 aliphatic heterocycles. The van der Waals surface area contributed by atoms with Crippen LogP contribution in [-0.4, -0.2) is 35.9 Å². The van der Waals surface area contributed by atoms with Gasteiger partial charge in [-0.1, -0.05) is 6.42 Å². The molecule has 1 aromatic carbocycles. The number of methoxy groups -OCH3 is 1. The van der Waals surface area contributed by atoms with Gasteiger partial charge in [-0.05, 0) is 49.9 Å². The Morgan fingerprint density at radius 1 is 1.10 bits per heavy atom. The van der Waals surface area contributed by atoms with E-state index in [4.69, 9.17) is 4.74 Å². The largest absolute Gasteiger partial charge is 0.469 e. The molecular weight excluding hydrogens is 390 g/mol. The highest BCUT2D eigenvalue weighted by atomic mass is 32.1. The summed E-state index contributed by atoms with van der Waals surface area (Å²) >= 11 is 1.35. The Labute approximate surface area is 173 Å². The molecule has 8 heteroatoms. The van der Waals surface area contributed by atoms with Crippen LogP contribution in [0.25, 0.3) is 0 Å². The number of esters is 1. The van der Waals surface area contributed by atoms with Crippen LogP contribution in [-0.2, 0) is 14.3 Å². The minimum Gasteiger partial charge on any atom is -0.469 e. The van der Waals surface area contributed by atoms with Crippen LogP contribution >= 0.6 is 11.3 Å². The summed E-state index contributed by atoms with van der Waals surface area (Å²) in [5, 5.41) is 5.30. The maximum absolute atomic E-state index is 13.5. The van der Waals surface area contributed by atoms with Gasteiger partial charge < -0.3 is 10.1 Å². The lowest BCUT2D eigenvalue weighted by molar-refractivity contribution is -0.148. The number of carbonyl (C=O) groups excluding carboxylic acids is 3. The average molecular weight is 413 g/mol. The summed E-state index contributed by atoms with van der Waals surface area (Å²) in [6.45, 7) is 0. The van der Waals surface area contributed by atoms with E-state index in [0.717, 1.165) is 19.3 Å². The summed E-state index contributed by atoms with van der Waals surface area (Å²) in [6.07, 6.45) is 5.79. The first-order valence-electron chi connectivity index (χ1n) is 9.80. The number of hydrogen-bond donors (Lipinski definition) is 1. The van der Waals surface area contributed by atoms with Crippen molar-refractivity contribution in [2.75, 3.05) is 12.0 Å². The fraction of sp³-hybridized carbons (Fsp3) is 0.429. The van der Waals surface area contributed by atoms with Crippen LogP contribution in [0.15, 0.2) is 35.8 Å². The van der Waals surface area contributed by atoms with Crippen molar-refractivity contribution >= 4 is 39.9 Å². The van der Waals surface area contributed by atoms with Gasteiger partial charge in [0.1, 0.15) is 0 Å². The molecule has 1 N–H and O–H groups in total. The zero-order valence-corrected chi connectivity index (χ0v) is 17.0. The fourth-order valence-electron chi connectivity index (χ4n) is 3.77. The van der Waals surface area contributed by atoms with Crippen LogP contribution < -0.4 is 10.2 Å². The zero-order valence-electron chi connectivity index (χ0n) is 16.2. The predicted octanol–water partition coefficient (Wildman–Crippen LogP) is 3.29. The Morgan fingerprint density at radius 3 is 2.45 bits per heavy atom. The van der Waals surface area contributed by atoms with Gasteiger partial charge >= 0.3 is 5.97 Å². The van der Waals surface area contributed by atoms with E-state index in [2.05, 4.69) is 10.3 Å². The van der Waals surface area contributed by atoms with Crippen molar-refractivity contribution in [3.63, 3.8) is 0 Å². The SMILES string of the molecule is COC(=O)C1CCCC1C(=O)N(c1ccc(C(=O)NC2CC2)cc1)c1nccs1. The third-order valence-electron chi connectivity index (χ3n) is 5.47. The monoisotopic (exact) mass is 413 g/mol. The van der Waals surface area contributed by atoms with Gasteiger partial charge in [0.2, 0.25) is 5.91 Å². The molecule has 4 rings (SSSR count). The molecule has 2 unspecified atom stereocenters. The maximum Gasteiger partial charge on any atom is 0.309 e. The number of nitrogens with zero attached hydrogens (tertiary/aromatic N) is 2. The predicted molar refractivity (Wildman–Crippen MR) is 109 cm³/mol. The third kappa shape index (κ3) is 4.17. The molecule has 2 aliphatic carbocycles. The number of amides is 2. The van der Waals surface area contributed by atoms with Crippen molar-refractivity contribution in [1.82, 2.24) is 10.3 Å². The highest BCUT2D eigenvalue weighted by Crippen LogP contribution is 2.38.